The van der Waals surface area contributed by atoms with Crippen LogP contribution >= 0.6 is 0 Å². The molecule has 1 atom stereocenters. The molecule has 1 unspecified atom stereocenters. The lowest BCUT2D eigenvalue weighted by Gasteiger charge is -2.30. The van der Waals surface area contributed by atoms with Crippen LogP contribution in [0.15, 0.2) is 17.4 Å². The van der Waals surface area contributed by atoms with Crippen LogP contribution in [0.25, 0.3) is 0 Å². The van der Waals surface area contributed by atoms with Gasteiger partial charge in [0.25, 0.3) is 0 Å². The third kappa shape index (κ3) is 25.9. The van der Waals surface area contributed by atoms with Crippen LogP contribution in [0.2, 0.25) is 0 Å². The molecule has 50 heavy (non-hydrogen) atoms. The first-order valence-electron chi connectivity index (χ1n) is 23.4. The van der Waals surface area contributed by atoms with E-state index < -0.39 is 0 Å². The van der Waals surface area contributed by atoms with Crippen LogP contribution in [0.5, 0.6) is 0 Å². The number of rotatable bonds is 40. The minimum absolute atomic E-state index is 0.417. The summed E-state index contributed by atoms with van der Waals surface area (Å²) in [6, 6.07) is 0. The lowest BCUT2D eigenvalue weighted by atomic mass is 10.0. The highest BCUT2D eigenvalue weighted by Gasteiger charge is 2.41. The Labute approximate surface area is 315 Å². The maximum Gasteiger partial charge on any atom is 0.324 e. The second-order valence-corrected chi connectivity index (χ2v) is 16.4. The molecule has 1 amide bonds. The lowest BCUT2D eigenvalue weighted by Crippen LogP contribution is -2.52. The molecule has 0 aliphatic carbocycles. The van der Waals surface area contributed by atoms with Crippen molar-refractivity contribution in [2.75, 3.05) is 6.54 Å². The molecule has 3 heteroatoms. The number of amidine groups is 1. The smallest absolute Gasteiger partial charge is 0.230 e. The molecule has 0 fully saturated rings. The summed E-state index contributed by atoms with van der Waals surface area (Å²) in [5.74, 6) is 1.57. The van der Waals surface area contributed by atoms with Gasteiger partial charge < -0.3 is 0 Å². The first-order valence-corrected chi connectivity index (χ1v) is 23.4. The molecule has 3 nitrogen and oxygen atoms in total. The van der Waals surface area contributed by atoms with Crippen LogP contribution in [-0.4, -0.2) is 22.8 Å². The quantitative estimate of drug-likeness (QED) is 0.0462. The Morgan fingerprint density at radius 3 is 1.08 bits per heavy atom. The monoisotopic (exact) mass is 700 g/mol. The Bertz CT molecular complexity index is 788. The lowest BCUT2D eigenvalue weighted by molar-refractivity contribution is -0.708. The number of nitrogens with zero attached hydrogens (tertiary/aromatic N) is 2. The van der Waals surface area contributed by atoms with E-state index in [9.17, 15) is 4.79 Å². The van der Waals surface area contributed by atoms with E-state index in [0.29, 0.717) is 10.4 Å². The molecular formula is C47H91N2O+. The van der Waals surface area contributed by atoms with Crippen molar-refractivity contribution in [3.8, 4) is 0 Å². The van der Waals surface area contributed by atoms with Crippen molar-refractivity contribution >= 4 is 11.7 Å². The summed E-state index contributed by atoms with van der Waals surface area (Å²) in [5.41, 5.74) is 0. The Morgan fingerprint density at radius 1 is 0.420 bits per heavy atom. The molecule has 0 saturated heterocycles. The zero-order valence-corrected chi connectivity index (χ0v) is 34.7. The summed E-state index contributed by atoms with van der Waals surface area (Å²) >= 11 is 0. The second kappa shape index (κ2) is 36.4. The molecule has 1 heterocycles. The van der Waals surface area contributed by atoms with Gasteiger partial charge in [-0.1, -0.05) is 233 Å². The molecule has 1 aliphatic rings. The number of carbonyl (C=O) groups is 1. The molecule has 294 valence electrons. The van der Waals surface area contributed by atoms with E-state index >= 15 is 0 Å². The van der Waals surface area contributed by atoms with Crippen LogP contribution in [0.4, 0.5) is 0 Å². The van der Waals surface area contributed by atoms with Crippen molar-refractivity contribution in [1.82, 2.24) is 0 Å². The van der Waals surface area contributed by atoms with Crippen molar-refractivity contribution in [2.45, 2.75) is 271 Å². The Hall–Kier alpha value is -0.960. The molecule has 0 N–H and O–H groups in total. The topological polar surface area (TPSA) is 29.4 Å². The fourth-order valence-corrected chi connectivity index (χ4v) is 8.06. The predicted octanol–water partition coefficient (Wildman–Crippen LogP) is 16.5. The molecule has 0 radical (unpaired) electrons. The van der Waals surface area contributed by atoms with Gasteiger partial charge in [-0.15, -0.1) is 0 Å². The van der Waals surface area contributed by atoms with E-state index in [1.165, 1.54) is 225 Å². The van der Waals surface area contributed by atoms with E-state index in [0.717, 1.165) is 38.1 Å². The number of aliphatic imine (C=N–C) groups is 1. The summed E-state index contributed by atoms with van der Waals surface area (Å²) < 4.78 is 0.452. The third-order valence-electron chi connectivity index (χ3n) is 11.6. The molecular weight excluding hydrogens is 609 g/mol. The SMILES string of the molecule is CCCCCCCCCCCCCCCCC1=NC=C[N+]1(CCCCCCCCCCCCCCCC)C(=O)CCCCCCCCCCC. The fraction of sp³-hybridized carbons (Fsp3) is 0.915. The van der Waals surface area contributed by atoms with Crippen LogP contribution in [0.1, 0.15) is 271 Å². The highest BCUT2D eigenvalue weighted by atomic mass is 16.2. The van der Waals surface area contributed by atoms with Gasteiger partial charge in [-0.25, -0.2) is 9.79 Å². The summed E-state index contributed by atoms with van der Waals surface area (Å²) in [5, 5.41) is 0. The Balaban J connectivity index is 2.35. The van der Waals surface area contributed by atoms with Crippen molar-refractivity contribution < 1.29 is 9.28 Å². The van der Waals surface area contributed by atoms with Gasteiger partial charge >= 0.3 is 5.91 Å². The minimum Gasteiger partial charge on any atom is -0.230 e. The zero-order valence-electron chi connectivity index (χ0n) is 34.7. The van der Waals surface area contributed by atoms with Crippen LogP contribution in [0, 0.1) is 0 Å². The van der Waals surface area contributed by atoms with Gasteiger partial charge in [0.15, 0.2) is 0 Å². The molecule has 0 bridgehead atoms. The van der Waals surface area contributed by atoms with Gasteiger partial charge in [0.05, 0.1) is 19.2 Å². The Morgan fingerprint density at radius 2 is 0.720 bits per heavy atom. The van der Waals surface area contributed by atoms with E-state index in [2.05, 4.69) is 27.0 Å². The highest BCUT2D eigenvalue weighted by molar-refractivity contribution is 5.90. The maximum atomic E-state index is 13.9. The van der Waals surface area contributed by atoms with Crippen molar-refractivity contribution in [3.63, 3.8) is 0 Å². The molecule has 1 rings (SSSR count). The first kappa shape index (κ1) is 47.1. The average molecular weight is 700 g/mol. The normalized spacial score (nSPS) is 15.7. The number of hydrogen-bond acceptors (Lipinski definition) is 2. The molecule has 0 aromatic carbocycles. The van der Waals surface area contributed by atoms with Gasteiger partial charge in [0.1, 0.15) is 6.20 Å². The van der Waals surface area contributed by atoms with Crippen LogP contribution in [0.3, 0.4) is 0 Å². The van der Waals surface area contributed by atoms with Gasteiger partial charge in [0, 0.05) is 6.42 Å². The maximum absolute atomic E-state index is 13.9. The third-order valence-corrected chi connectivity index (χ3v) is 11.6. The minimum atomic E-state index is 0.417. The molecule has 1 aliphatic heterocycles. The van der Waals surface area contributed by atoms with Crippen molar-refractivity contribution in [1.29, 1.82) is 0 Å². The summed E-state index contributed by atoms with van der Waals surface area (Å²) in [6.07, 6.45) is 56.2. The fourth-order valence-electron chi connectivity index (χ4n) is 8.06. The second-order valence-electron chi connectivity index (χ2n) is 16.4. The van der Waals surface area contributed by atoms with Gasteiger partial charge in [-0.2, -0.15) is 4.48 Å². The molecule has 0 aromatic rings. The highest BCUT2D eigenvalue weighted by Crippen LogP contribution is 2.26. The Kier molecular flexibility index (Phi) is 34.3. The largest absolute Gasteiger partial charge is 0.324 e. The predicted molar refractivity (Wildman–Crippen MR) is 224 cm³/mol. The van der Waals surface area contributed by atoms with Crippen molar-refractivity contribution in [3.05, 3.63) is 12.4 Å². The summed E-state index contributed by atoms with van der Waals surface area (Å²) in [7, 11) is 0. The van der Waals surface area contributed by atoms with Gasteiger partial charge in [-0.05, 0) is 25.7 Å². The van der Waals surface area contributed by atoms with Crippen LogP contribution in [-0.2, 0) is 4.79 Å². The number of hydrogen-bond donors (Lipinski definition) is 0. The van der Waals surface area contributed by atoms with Gasteiger partial charge in [0.2, 0.25) is 5.84 Å². The van der Waals surface area contributed by atoms with E-state index in [4.69, 9.17) is 4.99 Å². The number of amides is 1. The summed E-state index contributed by atoms with van der Waals surface area (Å²) in [4.78, 5) is 18.8. The van der Waals surface area contributed by atoms with Crippen LogP contribution < -0.4 is 0 Å². The number of quaternary nitrogens is 1. The number of unbranched alkanes of at least 4 members (excludes halogenated alkanes) is 34. The van der Waals surface area contributed by atoms with E-state index in [1.807, 2.05) is 6.20 Å². The van der Waals surface area contributed by atoms with Crippen molar-refractivity contribution in [2.24, 2.45) is 4.99 Å². The zero-order chi connectivity index (χ0) is 36.1. The van der Waals surface area contributed by atoms with Gasteiger partial charge in [-0.3, -0.25) is 0 Å². The first-order chi connectivity index (χ1) is 24.7. The average Bonchev–Trinajstić information content (AvgIpc) is 3.54. The molecule has 0 saturated carbocycles. The number of carbonyl (C=O) groups excluding carboxylic acids is 1. The molecule has 0 aromatic heterocycles. The molecule has 0 spiro atoms. The van der Waals surface area contributed by atoms with E-state index in [1.54, 1.807) is 0 Å². The summed E-state index contributed by atoms with van der Waals surface area (Å²) in [6.45, 7) is 7.82. The standard InChI is InChI=1S/C47H91N2O/c1-4-7-10-13-16-19-21-23-25-27-30-32-35-38-41-46-48-43-45-49(46,47(50)42-39-36-33-29-18-15-12-9-6-3)44-40-37-34-31-28-26-24-22-20-17-14-11-8-5-2/h43,45H,4-42,44H2,1-3H3/q+1. The van der Waals surface area contributed by atoms with E-state index in [-0.39, 0.29) is 0 Å².